The summed E-state index contributed by atoms with van der Waals surface area (Å²) in [5.74, 6) is 2.72. The number of benzene rings is 2. The van der Waals surface area contributed by atoms with Crippen molar-refractivity contribution in [2.75, 3.05) is 35.5 Å². The molecule has 0 bridgehead atoms. The van der Waals surface area contributed by atoms with Crippen molar-refractivity contribution in [3.8, 4) is 28.7 Å². The molecule has 0 saturated heterocycles. The predicted octanol–water partition coefficient (Wildman–Crippen LogP) is 3.45. The highest BCUT2D eigenvalue weighted by Crippen LogP contribution is 2.36. The molecular weight excluding hydrogens is 376 g/mol. The quantitative estimate of drug-likeness (QED) is 0.562. The fraction of sp³-hybridized carbons (Fsp3) is 0.409. The SMILES string of the molecule is COc1cc(OC)c(C[C@H](Cc2ccc(OC)c(OC)c2)OC(C)=O)c(OC)c1. The maximum absolute atomic E-state index is 11.7. The molecule has 0 aliphatic rings. The number of carbonyl (C=O) groups is 1. The van der Waals surface area contributed by atoms with E-state index in [2.05, 4.69) is 0 Å². The number of hydrogen-bond acceptors (Lipinski definition) is 7. The average Bonchev–Trinajstić information content (AvgIpc) is 2.72. The first-order chi connectivity index (χ1) is 13.9. The van der Waals surface area contributed by atoms with Crippen LogP contribution in [0.1, 0.15) is 18.1 Å². The molecule has 0 unspecified atom stereocenters. The van der Waals surface area contributed by atoms with Crippen molar-refractivity contribution in [2.45, 2.75) is 25.9 Å². The van der Waals surface area contributed by atoms with Gasteiger partial charge in [0.2, 0.25) is 0 Å². The summed E-state index contributed by atoms with van der Waals surface area (Å²) in [7, 11) is 7.89. The van der Waals surface area contributed by atoms with Crippen LogP contribution in [0.5, 0.6) is 28.7 Å². The van der Waals surface area contributed by atoms with Crippen molar-refractivity contribution in [1.29, 1.82) is 0 Å². The molecule has 2 aromatic rings. The van der Waals surface area contributed by atoms with Crippen LogP contribution in [0.2, 0.25) is 0 Å². The molecular formula is C22H28O7. The van der Waals surface area contributed by atoms with E-state index in [1.54, 1.807) is 47.7 Å². The first-order valence-electron chi connectivity index (χ1n) is 9.12. The van der Waals surface area contributed by atoms with Gasteiger partial charge in [-0.25, -0.2) is 0 Å². The van der Waals surface area contributed by atoms with Crippen LogP contribution < -0.4 is 23.7 Å². The fourth-order valence-electron chi connectivity index (χ4n) is 3.17. The molecule has 2 aromatic carbocycles. The van der Waals surface area contributed by atoms with Gasteiger partial charge in [-0.1, -0.05) is 6.07 Å². The number of methoxy groups -OCH3 is 5. The van der Waals surface area contributed by atoms with Crippen LogP contribution >= 0.6 is 0 Å². The Bertz CT molecular complexity index is 807. The Morgan fingerprint density at radius 3 is 1.83 bits per heavy atom. The Kier molecular flexibility index (Phi) is 8.00. The standard InChI is InChI=1S/C22H28O7/c1-14(23)29-17(9-15-7-8-19(25-3)22(10-15)28-6)11-18-20(26-4)12-16(24-2)13-21(18)27-5/h7-8,10,12-13,17H,9,11H2,1-6H3/t17-/m0/s1. The summed E-state index contributed by atoms with van der Waals surface area (Å²) in [5.41, 5.74) is 1.74. The van der Waals surface area contributed by atoms with Crippen LogP contribution in [-0.4, -0.2) is 47.6 Å². The van der Waals surface area contributed by atoms with E-state index < -0.39 is 6.10 Å². The molecule has 7 heteroatoms. The monoisotopic (exact) mass is 404 g/mol. The van der Waals surface area contributed by atoms with E-state index in [1.165, 1.54) is 6.92 Å². The molecule has 0 N–H and O–H groups in total. The summed E-state index contributed by atoms with van der Waals surface area (Å²) in [4.78, 5) is 11.7. The zero-order valence-corrected chi connectivity index (χ0v) is 17.7. The number of hydrogen-bond donors (Lipinski definition) is 0. The van der Waals surface area contributed by atoms with Gasteiger partial charge in [-0.15, -0.1) is 0 Å². The molecule has 0 amide bonds. The predicted molar refractivity (Wildman–Crippen MR) is 109 cm³/mol. The van der Waals surface area contributed by atoms with Crippen LogP contribution in [0, 0.1) is 0 Å². The molecule has 0 aliphatic heterocycles. The van der Waals surface area contributed by atoms with Crippen LogP contribution in [0.4, 0.5) is 0 Å². The minimum atomic E-state index is -0.429. The van der Waals surface area contributed by atoms with Crippen molar-refractivity contribution >= 4 is 5.97 Å². The van der Waals surface area contributed by atoms with Gasteiger partial charge in [0.1, 0.15) is 23.4 Å². The summed E-state index contributed by atoms with van der Waals surface area (Å²) in [5, 5.41) is 0. The molecule has 0 aromatic heterocycles. The second kappa shape index (κ2) is 10.5. The van der Waals surface area contributed by atoms with E-state index in [0.717, 1.165) is 11.1 Å². The Labute approximate surface area is 171 Å². The fourth-order valence-corrected chi connectivity index (χ4v) is 3.17. The third-order valence-electron chi connectivity index (χ3n) is 4.49. The summed E-state index contributed by atoms with van der Waals surface area (Å²) >= 11 is 0. The summed E-state index contributed by atoms with van der Waals surface area (Å²) in [6.07, 6.45) is 0.463. The third kappa shape index (κ3) is 5.70. The number of ether oxygens (including phenoxy) is 6. The molecule has 7 nitrogen and oxygen atoms in total. The lowest BCUT2D eigenvalue weighted by molar-refractivity contribution is -0.146. The summed E-state index contributed by atoms with van der Waals surface area (Å²) in [6.45, 7) is 1.39. The highest BCUT2D eigenvalue weighted by Gasteiger charge is 2.21. The molecule has 0 spiro atoms. The van der Waals surface area contributed by atoms with Crippen molar-refractivity contribution in [3.05, 3.63) is 41.5 Å². The number of carbonyl (C=O) groups excluding carboxylic acids is 1. The van der Waals surface area contributed by atoms with Gasteiger partial charge in [0.15, 0.2) is 11.5 Å². The van der Waals surface area contributed by atoms with Crippen molar-refractivity contribution in [1.82, 2.24) is 0 Å². The van der Waals surface area contributed by atoms with Crippen molar-refractivity contribution < 1.29 is 33.2 Å². The van der Waals surface area contributed by atoms with Gasteiger partial charge in [0, 0.05) is 37.5 Å². The minimum absolute atomic E-state index is 0.359. The zero-order valence-electron chi connectivity index (χ0n) is 17.7. The third-order valence-corrected chi connectivity index (χ3v) is 4.49. The largest absolute Gasteiger partial charge is 0.496 e. The maximum atomic E-state index is 11.7. The molecule has 1 atom stereocenters. The Morgan fingerprint density at radius 1 is 0.759 bits per heavy atom. The lowest BCUT2D eigenvalue weighted by Crippen LogP contribution is -2.22. The van der Waals surface area contributed by atoms with Gasteiger partial charge in [-0.2, -0.15) is 0 Å². The van der Waals surface area contributed by atoms with E-state index in [4.69, 9.17) is 28.4 Å². The minimum Gasteiger partial charge on any atom is -0.496 e. The zero-order chi connectivity index (χ0) is 21.4. The van der Waals surface area contributed by atoms with Crippen LogP contribution in [0.25, 0.3) is 0 Å². The molecule has 0 radical (unpaired) electrons. The smallest absolute Gasteiger partial charge is 0.302 e. The highest BCUT2D eigenvalue weighted by molar-refractivity contribution is 5.66. The average molecular weight is 404 g/mol. The van der Waals surface area contributed by atoms with Crippen LogP contribution in [-0.2, 0) is 22.4 Å². The summed E-state index contributed by atoms with van der Waals surface area (Å²) in [6, 6.07) is 9.17. The van der Waals surface area contributed by atoms with E-state index in [1.807, 2.05) is 18.2 Å². The molecule has 0 heterocycles. The van der Waals surface area contributed by atoms with E-state index in [-0.39, 0.29) is 5.97 Å². The van der Waals surface area contributed by atoms with Crippen molar-refractivity contribution in [3.63, 3.8) is 0 Å². The van der Waals surface area contributed by atoms with Gasteiger partial charge >= 0.3 is 5.97 Å². The molecule has 29 heavy (non-hydrogen) atoms. The van der Waals surface area contributed by atoms with Gasteiger partial charge < -0.3 is 28.4 Å². The molecule has 2 rings (SSSR count). The van der Waals surface area contributed by atoms with Crippen molar-refractivity contribution in [2.24, 2.45) is 0 Å². The van der Waals surface area contributed by atoms with Gasteiger partial charge in [-0.05, 0) is 17.7 Å². The highest BCUT2D eigenvalue weighted by atomic mass is 16.5. The van der Waals surface area contributed by atoms with Gasteiger partial charge in [0.05, 0.1) is 35.5 Å². The molecule has 0 fully saturated rings. The topological polar surface area (TPSA) is 72.5 Å². The Morgan fingerprint density at radius 2 is 1.34 bits per heavy atom. The second-order valence-electron chi connectivity index (χ2n) is 6.34. The lowest BCUT2D eigenvalue weighted by atomic mass is 9.99. The van der Waals surface area contributed by atoms with Gasteiger partial charge in [-0.3, -0.25) is 4.79 Å². The van der Waals surface area contributed by atoms with Crippen LogP contribution in [0.3, 0.4) is 0 Å². The summed E-state index contributed by atoms with van der Waals surface area (Å²) < 4.78 is 32.6. The molecule has 0 saturated carbocycles. The second-order valence-corrected chi connectivity index (χ2v) is 6.34. The first kappa shape index (κ1) is 22.2. The number of rotatable bonds is 10. The maximum Gasteiger partial charge on any atom is 0.302 e. The Hall–Kier alpha value is -3.09. The first-order valence-corrected chi connectivity index (χ1v) is 9.12. The number of esters is 1. The molecule has 0 aliphatic carbocycles. The van der Waals surface area contributed by atoms with E-state index >= 15 is 0 Å². The van der Waals surface area contributed by atoms with Gasteiger partial charge in [0.25, 0.3) is 0 Å². The molecule has 158 valence electrons. The van der Waals surface area contributed by atoms with E-state index in [0.29, 0.717) is 41.6 Å². The Balaban J connectivity index is 2.36. The van der Waals surface area contributed by atoms with E-state index in [9.17, 15) is 4.79 Å². The lowest BCUT2D eigenvalue weighted by Gasteiger charge is -2.21. The van der Waals surface area contributed by atoms with Crippen LogP contribution in [0.15, 0.2) is 30.3 Å². The normalized spacial score (nSPS) is 11.4.